The second kappa shape index (κ2) is 10.7. The number of halogens is 1. The number of rotatable bonds is 12. The second-order valence-electron chi connectivity index (χ2n) is 7.81. The monoisotopic (exact) mass is 452 g/mol. The van der Waals surface area contributed by atoms with E-state index in [-0.39, 0.29) is 5.75 Å². The Labute approximate surface area is 192 Å². The first-order valence-electron chi connectivity index (χ1n) is 10.7. The van der Waals surface area contributed by atoms with Crippen LogP contribution in [0.2, 0.25) is 0 Å². The fourth-order valence-electron chi connectivity index (χ4n) is 3.39. The van der Waals surface area contributed by atoms with E-state index in [1.807, 2.05) is 13.0 Å². The summed E-state index contributed by atoms with van der Waals surface area (Å²) in [5.74, 6) is 0.716. The Morgan fingerprint density at radius 2 is 2.12 bits per heavy atom. The van der Waals surface area contributed by atoms with Crippen LogP contribution in [0.15, 0.2) is 48.6 Å². The van der Waals surface area contributed by atoms with Gasteiger partial charge in [-0.05, 0) is 31.4 Å². The molecule has 8 nitrogen and oxygen atoms in total. The highest BCUT2D eigenvalue weighted by Crippen LogP contribution is 2.28. The lowest BCUT2D eigenvalue weighted by Crippen LogP contribution is -2.17. The number of hydrogen-bond acceptors (Lipinski definition) is 6. The Kier molecular flexibility index (Phi) is 7.76. The number of aryl methyl sites for hydroxylation is 1. The van der Waals surface area contributed by atoms with E-state index in [0.717, 1.165) is 30.4 Å². The molecule has 0 aliphatic heterocycles. The minimum atomic E-state index is -0.491. The summed E-state index contributed by atoms with van der Waals surface area (Å²) in [5, 5.41) is 8.46. The maximum absolute atomic E-state index is 14.5. The number of fused-ring (bicyclic) bond motifs is 3. The molecular formula is C24H29FN6O2. The molecule has 0 fully saturated rings. The number of nitrogens with zero attached hydrogens (tertiary/aromatic N) is 5. The Balaban J connectivity index is 1.99. The zero-order valence-corrected chi connectivity index (χ0v) is 19.3. The summed E-state index contributed by atoms with van der Waals surface area (Å²) in [4.78, 5) is 21.7. The van der Waals surface area contributed by atoms with Gasteiger partial charge in [0.2, 0.25) is 12.4 Å². The van der Waals surface area contributed by atoms with Crippen LogP contribution in [0, 0.1) is 5.82 Å². The van der Waals surface area contributed by atoms with Crippen molar-refractivity contribution in [2.24, 2.45) is 0 Å². The number of amides is 1. The number of methoxy groups -OCH3 is 1. The number of benzene rings is 1. The highest BCUT2D eigenvalue weighted by Gasteiger charge is 2.16. The standard InChI is InChI=1S/C24H29FN6O2/c1-6-9-17(16(2)3)14-26-24-27-20-13-21(33-5)19(25)12-18(20)23-28-22(29-31(23)24)10-7-8-11-30(4)15-32/h6,9,12-13,15H,1-2,7-8,10-11,14H2,3-5H3,(H,26,27)/b17-9-. The number of allylic oxidation sites excluding steroid dienone is 2. The van der Waals surface area contributed by atoms with Gasteiger partial charge in [0.25, 0.3) is 0 Å². The van der Waals surface area contributed by atoms with Gasteiger partial charge in [0.15, 0.2) is 23.0 Å². The van der Waals surface area contributed by atoms with Crippen molar-refractivity contribution in [2.45, 2.75) is 26.2 Å². The van der Waals surface area contributed by atoms with Crippen molar-refractivity contribution in [3.8, 4) is 5.75 Å². The van der Waals surface area contributed by atoms with E-state index < -0.39 is 5.82 Å². The molecule has 2 aromatic heterocycles. The minimum Gasteiger partial charge on any atom is -0.494 e. The normalized spacial score (nSPS) is 11.6. The second-order valence-corrected chi connectivity index (χ2v) is 7.81. The maximum atomic E-state index is 14.5. The van der Waals surface area contributed by atoms with Gasteiger partial charge in [-0.1, -0.05) is 30.9 Å². The largest absolute Gasteiger partial charge is 0.494 e. The molecule has 3 rings (SSSR count). The van der Waals surface area contributed by atoms with Crippen LogP contribution in [-0.2, 0) is 11.2 Å². The first kappa shape index (κ1) is 23.9. The van der Waals surface area contributed by atoms with Crippen LogP contribution in [0.1, 0.15) is 25.6 Å². The number of unbranched alkanes of at least 4 members (excludes halogenated alkanes) is 1. The van der Waals surface area contributed by atoms with Crippen molar-refractivity contribution < 1.29 is 13.9 Å². The van der Waals surface area contributed by atoms with Crippen molar-refractivity contribution in [2.75, 3.05) is 32.6 Å². The molecule has 2 heterocycles. The summed E-state index contributed by atoms with van der Waals surface area (Å²) in [6.45, 7) is 10.8. The van der Waals surface area contributed by atoms with Gasteiger partial charge in [0.1, 0.15) is 0 Å². The van der Waals surface area contributed by atoms with E-state index in [2.05, 4.69) is 33.5 Å². The molecule has 1 aromatic carbocycles. The minimum absolute atomic E-state index is 0.110. The van der Waals surface area contributed by atoms with E-state index in [4.69, 9.17) is 4.74 Å². The molecule has 174 valence electrons. The molecule has 1 N–H and O–H groups in total. The summed E-state index contributed by atoms with van der Waals surface area (Å²) < 4.78 is 21.2. The third-order valence-electron chi connectivity index (χ3n) is 5.23. The highest BCUT2D eigenvalue weighted by atomic mass is 19.1. The van der Waals surface area contributed by atoms with Gasteiger partial charge in [-0.15, -0.1) is 5.10 Å². The third kappa shape index (κ3) is 5.54. The maximum Gasteiger partial charge on any atom is 0.226 e. The quantitative estimate of drug-likeness (QED) is 0.255. The predicted molar refractivity (Wildman–Crippen MR) is 128 cm³/mol. The summed E-state index contributed by atoms with van der Waals surface area (Å²) in [5.41, 5.74) is 2.92. The molecule has 0 unspecified atom stereocenters. The van der Waals surface area contributed by atoms with Crippen LogP contribution >= 0.6 is 0 Å². The topological polar surface area (TPSA) is 84.7 Å². The molecule has 0 aliphatic rings. The highest BCUT2D eigenvalue weighted by molar-refractivity contribution is 5.93. The van der Waals surface area contributed by atoms with E-state index >= 15 is 0 Å². The number of carbonyl (C=O) groups excluding carboxylic acids is 1. The summed E-state index contributed by atoms with van der Waals surface area (Å²) in [7, 11) is 3.16. The molecule has 9 heteroatoms. The number of nitrogens with one attached hydrogen (secondary N) is 1. The summed E-state index contributed by atoms with van der Waals surface area (Å²) in [6, 6.07) is 2.92. The van der Waals surface area contributed by atoms with Crippen molar-refractivity contribution >= 4 is 28.9 Å². The van der Waals surface area contributed by atoms with Gasteiger partial charge in [-0.3, -0.25) is 4.79 Å². The van der Waals surface area contributed by atoms with Gasteiger partial charge in [-0.25, -0.2) is 14.4 Å². The molecule has 0 aliphatic carbocycles. The molecule has 0 radical (unpaired) electrons. The first-order chi connectivity index (χ1) is 15.9. The molecule has 0 atom stereocenters. The van der Waals surface area contributed by atoms with Crippen LogP contribution < -0.4 is 10.1 Å². The lowest BCUT2D eigenvalue weighted by Gasteiger charge is -2.12. The van der Waals surface area contributed by atoms with Crippen LogP contribution in [0.3, 0.4) is 0 Å². The zero-order valence-electron chi connectivity index (χ0n) is 19.3. The molecular weight excluding hydrogens is 423 g/mol. The van der Waals surface area contributed by atoms with E-state index in [9.17, 15) is 9.18 Å². The average Bonchev–Trinajstić information content (AvgIpc) is 3.23. The van der Waals surface area contributed by atoms with Crippen molar-refractivity contribution in [1.29, 1.82) is 0 Å². The molecule has 0 bridgehead atoms. The van der Waals surface area contributed by atoms with Crippen molar-refractivity contribution in [3.63, 3.8) is 0 Å². The SMILES string of the molecule is C=C/C=C(/CNc1nc2cc(OC)c(F)cc2c2nc(CCCCN(C)C=O)nn12)C(=C)C. The third-order valence-corrected chi connectivity index (χ3v) is 5.23. The molecule has 33 heavy (non-hydrogen) atoms. The molecule has 3 aromatic rings. The van der Waals surface area contributed by atoms with Crippen LogP contribution in [-0.4, -0.2) is 58.1 Å². The van der Waals surface area contributed by atoms with Gasteiger partial charge < -0.3 is 15.0 Å². The van der Waals surface area contributed by atoms with Crippen molar-refractivity contribution in [1.82, 2.24) is 24.5 Å². The number of ether oxygens (including phenoxy) is 1. The Morgan fingerprint density at radius 3 is 2.79 bits per heavy atom. The fraction of sp³-hybridized carbons (Fsp3) is 0.333. The Morgan fingerprint density at radius 1 is 1.33 bits per heavy atom. The number of aromatic nitrogens is 4. The molecule has 0 spiro atoms. The lowest BCUT2D eigenvalue weighted by atomic mass is 10.1. The number of hydrogen-bond donors (Lipinski definition) is 1. The van der Waals surface area contributed by atoms with Crippen LogP contribution in [0.5, 0.6) is 5.75 Å². The molecule has 0 saturated heterocycles. The molecule has 1 amide bonds. The summed E-state index contributed by atoms with van der Waals surface area (Å²) >= 11 is 0. The van der Waals surface area contributed by atoms with Gasteiger partial charge >= 0.3 is 0 Å². The van der Waals surface area contributed by atoms with Crippen LogP contribution in [0.25, 0.3) is 16.6 Å². The van der Waals surface area contributed by atoms with Gasteiger partial charge in [-0.2, -0.15) is 4.52 Å². The zero-order chi connectivity index (χ0) is 24.0. The average molecular weight is 453 g/mol. The fourth-order valence-corrected chi connectivity index (χ4v) is 3.39. The summed E-state index contributed by atoms with van der Waals surface area (Å²) in [6.07, 6.45) is 6.67. The number of carbonyl (C=O) groups is 1. The Bertz CT molecular complexity index is 1220. The van der Waals surface area contributed by atoms with Gasteiger partial charge in [0, 0.05) is 38.0 Å². The van der Waals surface area contributed by atoms with E-state index in [1.165, 1.54) is 13.2 Å². The smallest absolute Gasteiger partial charge is 0.226 e. The van der Waals surface area contributed by atoms with Gasteiger partial charge in [0.05, 0.1) is 12.6 Å². The molecule has 0 saturated carbocycles. The lowest BCUT2D eigenvalue weighted by molar-refractivity contribution is -0.117. The predicted octanol–water partition coefficient (Wildman–Crippen LogP) is 3.94. The number of anilines is 1. The Hall–Kier alpha value is -3.75. The van der Waals surface area contributed by atoms with E-state index in [1.54, 1.807) is 28.6 Å². The van der Waals surface area contributed by atoms with Crippen molar-refractivity contribution in [3.05, 3.63) is 60.2 Å². The van der Waals surface area contributed by atoms with Crippen LogP contribution in [0.4, 0.5) is 10.3 Å². The first-order valence-corrected chi connectivity index (χ1v) is 10.7. The van der Waals surface area contributed by atoms with E-state index in [0.29, 0.717) is 47.8 Å².